The van der Waals surface area contributed by atoms with E-state index in [-0.39, 0.29) is 12.0 Å². The zero-order valence-corrected chi connectivity index (χ0v) is 12.7. The average molecular weight is 301 g/mol. The molecule has 5 nitrogen and oxygen atoms in total. The smallest absolute Gasteiger partial charge is 0.0924 e. The molecule has 0 radical (unpaired) electrons. The first kappa shape index (κ1) is 15.2. The average Bonchev–Trinajstić information content (AvgIpc) is 3.19. The van der Waals surface area contributed by atoms with Gasteiger partial charge in [0.1, 0.15) is 0 Å². The van der Waals surface area contributed by atoms with Crippen LogP contribution in [0.2, 0.25) is 0 Å². The molecule has 1 saturated heterocycles. The topological polar surface area (TPSA) is 70.2 Å². The van der Waals surface area contributed by atoms with Crippen molar-refractivity contribution < 1.29 is 9.84 Å². The summed E-state index contributed by atoms with van der Waals surface area (Å²) in [4.78, 5) is 0. The summed E-state index contributed by atoms with van der Waals surface area (Å²) in [6, 6.07) is 12.2. The Morgan fingerprint density at radius 1 is 1.32 bits per heavy atom. The molecule has 2 heterocycles. The van der Waals surface area contributed by atoms with Crippen molar-refractivity contribution in [1.29, 1.82) is 0 Å². The second kappa shape index (κ2) is 7.05. The fraction of sp³-hybridized carbons (Fsp3) is 0.471. The number of aliphatic hydroxyl groups is 1. The minimum Gasteiger partial charge on any atom is -0.396 e. The van der Waals surface area contributed by atoms with Crippen LogP contribution in [0, 0.1) is 5.41 Å². The van der Waals surface area contributed by atoms with Gasteiger partial charge in [-0.2, -0.15) is 5.10 Å². The number of nitrogens with one attached hydrogen (secondary N) is 2. The van der Waals surface area contributed by atoms with Crippen molar-refractivity contribution in [3.8, 4) is 11.3 Å². The zero-order chi connectivity index (χ0) is 15.3. The molecule has 1 aliphatic heterocycles. The number of hydrogen-bond donors (Lipinski definition) is 3. The molecule has 118 valence electrons. The molecule has 0 bridgehead atoms. The van der Waals surface area contributed by atoms with Crippen LogP contribution < -0.4 is 5.32 Å². The summed E-state index contributed by atoms with van der Waals surface area (Å²) in [5.74, 6) is 0. The summed E-state index contributed by atoms with van der Waals surface area (Å²) in [6.45, 7) is 3.34. The predicted molar refractivity (Wildman–Crippen MR) is 85.3 cm³/mol. The maximum absolute atomic E-state index is 9.24. The molecule has 1 aromatic carbocycles. The van der Waals surface area contributed by atoms with E-state index >= 15 is 0 Å². The quantitative estimate of drug-likeness (QED) is 0.731. The van der Waals surface area contributed by atoms with Gasteiger partial charge in [-0.05, 0) is 18.9 Å². The molecule has 1 aliphatic rings. The molecule has 1 unspecified atom stereocenters. The van der Waals surface area contributed by atoms with Crippen LogP contribution in [-0.4, -0.2) is 41.7 Å². The van der Waals surface area contributed by atoms with E-state index in [1.165, 1.54) is 0 Å². The number of aromatic amines is 1. The molecule has 2 aromatic rings. The lowest BCUT2D eigenvalue weighted by molar-refractivity contribution is 0.124. The summed E-state index contributed by atoms with van der Waals surface area (Å²) < 4.78 is 5.51. The number of nitrogens with zero attached hydrogens (tertiary/aromatic N) is 1. The molecule has 3 N–H and O–H groups in total. The lowest BCUT2D eigenvalue weighted by Gasteiger charge is -2.26. The number of aliphatic hydroxyl groups excluding tert-OH is 1. The van der Waals surface area contributed by atoms with Crippen LogP contribution in [0.25, 0.3) is 11.3 Å². The molecule has 1 aromatic heterocycles. The van der Waals surface area contributed by atoms with E-state index in [4.69, 9.17) is 4.74 Å². The Morgan fingerprint density at radius 2 is 2.18 bits per heavy atom. The van der Waals surface area contributed by atoms with Gasteiger partial charge in [-0.15, -0.1) is 0 Å². The van der Waals surface area contributed by atoms with Crippen LogP contribution in [0.15, 0.2) is 36.4 Å². The van der Waals surface area contributed by atoms with Crippen molar-refractivity contribution in [2.75, 3.05) is 26.4 Å². The molecule has 1 atom stereocenters. The summed E-state index contributed by atoms with van der Waals surface area (Å²) in [5.41, 5.74) is 3.23. The molecule has 0 saturated carbocycles. The third kappa shape index (κ3) is 3.55. The minimum atomic E-state index is 0.0804. The van der Waals surface area contributed by atoms with Gasteiger partial charge in [-0.1, -0.05) is 30.3 Å². The van der Waals surface area contributed by atoms with Gasteiger partial charge in [0, 0.05) is 43.0 Å². The van der Waals surface area contributed by atoms with E-state index < -0.39 is 0 Å². The van der Waals surface area contributed by atoms with Gasteiger partial charge in [-0.3, -0.25) is 5.10 Å². The van der Waals surface area contributed by atoms with Gasteiger partial charge in [0.25, 0.3) is 0 Å². The van der Waals surface area contributed by atoms with Crippen LogP contribution in [0.1, 0.15) is 18.5 Å². The number of ether oxygens (including phenoxy) is 1. The van der Waals surface area contributed by atoms with Crippen molar-refractivity contribution in [1.82, 2.24) is 15.5 Å². The highest BCUT2D eigenvalue weighted by Gasteiger charge is 2.33. The number of H-pyrrole nitrogens is 1. The lowest BCUT2D eigenvalue weighted by Crippen LogP contribution is -2.35. The largest absolute Gasteiger partial charge is 0.396 e. The summed E-state index contributed by atoms with van der Waals surface area (Å²) >= 11 is 0. The Balaban J connectivity index is 1.55. The molecule has 0 spiro atoms. The minimum absolute atomic E-state index is 0.0804. The van der Waals surface area contributed by atoms with E-state index in [0.29, 0.717) is 0 Å². The van der Waals surface area contributed by atoms with Gasteiger partial charge in [0.15, 0.2) is 0 Å². The van der Waals surface area contributed by atoms with E-state index in [1.54, 1.807) is 0 Å². The molecule has 1 fully saturated rings. The highest BCUT2D eigenvalue weighted by molar-refractivity contribution is 5.58. The number of rotatable bonds is 7. The van der Waals surface area contributed by atoms with Crippen molar-refractivity contribution in [2.24, 2.45) is 5.41 Å². The SMILES string of the molecule is OCCC1(CNCc2cc(-c3ccccc3)n[nH]2)CCOC1. The first-order valence-electron chi connectivity index (χ1n) is 7.80. The van der Waals surface area contributed by atoms with Gasteiger partial charge < -0.3 is 15.2 Å². The van der Waals surface area contributed by atoms with Crippen LogP contribution in [-0.2, 0) is 11.3 Å². The van der Waals surface area contributed by atoms with E-state index in [2.05, 4.69) is 33.7 Å². The first-order valence-corrected chi connectivity index (χ1v) is 7.80. The molecule has 5 heteroatoms. The monoisotopic (exact) mass is 301 g/mol. The second-order valence-corrected chi connectivity index (χ2v) is 6.02. The van der Waals surface area contributed by atoms with Crippen molar-refractivity contribution in [3.05, 3.63) is 42.1 Å². The van der Waals surface area contributed by atoms with Crippen LogP contribution in [0.5, 0.6) is 0 Å². The molecular weight excluding hydrogens is 278 g/mol. The summed E-state index contributed by atoms with van der Waals surface area (Å²) in [6.07, 6.45) is 1.80. The van der Waals surface area contributed by atoms with E-state index in [1.807, 2.05) is 18.2 Å². The first-order chi connectivity index (χ1) is 10.8. The fourth-order valence-electron chi connectivity index (χ4n) is 2.98. The Bertz CT molecular complexity index is 577. The third-order valence-corrected chi connectivity index (χ3v) is 4.34. The highest BCUT2D eigenvalue weighted by atomic mass is 16.5. The van der Waals surface area contributed by atoms with Crippen molar-refractivity contribution >= 4 is 0 Å². The Labute approximate surface area is 130 Å². The summed E-state index contributed by atoms with van der Waals surface area (Å²) in [5, 5.41) is 20.2. The summed E-state index contributed by atoms with van der Waals surface area (Å²) in [7, 11) is 0. The van der Waals surface area contributed by atoms with E-state index in [0.717, 1.165) is 56.1 Å². The van der Waals surface area contributed by atoms with Crippen molar-refractivity contribution in [3.63, 3.8) is 0 Å². The zero-order valence-electron chi connectivity index (χ0n) is 12.7. The van der Waals surface area contributed by atoms with Crippen LogP contribution in [0.4, 0.5) is 0 Å². The van der Waals surface area contributed by atoms with Crippen LogP contribution >= 0.6 is 0 Å². The standard InChI is InChI=1S/C17H23N3O2/c21-8-6-17(7-9-22-13-17)12-18-11-15-10-16(20-19-15)14-4-2-1-3-5-14/h1-5,10,18,21H,6-9,11-13H2,(H,19,20). The Kier molecular flexibility index (Phi) is 4.87. The van der Waals surface area contributed by atoms with E-state index in [9.17, 15) is 5.11 Å². The Hall–Kier alpha value is -1.69. The lowest BCUT2D eigenvalue weighted by atomic mass is 9.84. The maximum atomic E-state index is 9.24. The molecule has 0 amide bonds. The third-order valence-electron chi connectivity index (χ3n) is 4.34. The number of hydrogen-bond acceptors (Lipinski definition) is 4. The highest BCUT2D eigenvalue weighted by Crippen LogP contribution is 2.31. The molecule has 22 heavy (non-hydrogen) atoms. The Morgan fingerprint density at radius 3 is 2.91 bits per heavy atom. The predicted octanol–water partition coefficient (Wildman–Crippen LogP) is 1.96. The molecule has 3 rings (SSSR count). The van der Waals surface area contributed by atoms with Crippen LogP contribution in [0.3, 0.4) is 0 Å². The molecular formula is C17H23N3O2. The fourth-order valence-corrected chi connectivity index (χ4v) is 2.98. The normalized spacial score (nSPS) is 21.3. The number of benzene rings is 1. The maximum Gasteiger partial charge on any atom is 0.0924 e. The van der Waals surface area contributed by atoms with Gasteiger partial charge in [-0.25, -0.2) is 0 Å². The van der Waals surface area contributed by atoms with Gasteiger partial charge >= 0.3 is 0 Å². The second-order valence-electron chi connectivity index (χ2n) is 6.02. The molecule has 0 aliphatic carbocycles. The van der Waals surface area contributed by atoms with Gasteiger partial charge in [0.05, 0.1) is 12.3 Å². The van der Waals surface area contributed by atoms with Gasteiger partial charge in [0.2, 0.25) is 0 Å². The number of aromatic nitrogens is 2. The van der Waals surface area contributed by atoms with Crippen molar-refractivity contribution in [2.45, 2.75) is 19.4 Å².